The number of alkyl halides is 6. The maximum Gasteiger partial charge on any atom is 0.416 e. The normalized spacial score (nSPS) is 12.2. The van der Waals surface area contributed by atoms with Gasteiger partial charge in [-0.2, -0.15) is 26.3 Å². The zero-order valence-electron chi connectivity index (χ0n) is 14.3. The predicted molar refractivity (Wildman–Crippen MR) is 96.8 cm³/mol. The van der Waals surface area contributed by atoms with Crippen LogP contribution < -0.4 is 10.6 Å². The third kappa shape index (κ3) is 5.59. The van der Waals surface area contributed by atoms with Gasteiger partial charge >= 0.3 is 12.4 Å². The van der Waals surface area contributed by atoms with E-state index >= 15 is 0 Å². The van der Waals surface area contributed by atoms with Gasteiger partial charge in [0, 0.05) is 11.4 Å². The lowest BCUT2D eigenvalue weighted by atomic mass is 10.0. The summed E-state index contributed by atoms with van der Waals surface area (Å²) in [6.07, 6.45) is -9.84. The molecule has 0 bridgehead atoms. The smallest absolute Gasteiger partial charge is 0.332 e. The quantitative estimate of drug-likeness (QED) is 0.440. The average molecular weight is 406 g/mol. The third-order valence-electron chi connectivity index (χ3n) is 3.68. The van der Waals surface area contributed by atoms with E-state index in [2.05, 4.69) is 10.6 Å². The van der Waals surface area contributed by atoms with Crippen molar-refractivity contribution in [1.82, 2.24) is 0 Å². The number of benzene rings is 2. The lowest BCUT2D eigenvalue weighted by Gasteiger charge is -2.18. The molecule has 0 atom stereocenters. The number of hydrogen-bond donors (Lipinski definition) is 2. The first-order valence-corrected chi connectivity index (χ1v) is 8.25. The Labute approximate surface area is 157 Å². The van der Waals surface area contributed by atoms with Gasteiger partial charge < -0.3 is 10.6 Å². The van der Waals surface area contributed by atoms with Crippen LogP contribution in [-0.4, -0.2) is 5.11 Å². The van der Waals surface area contributed by atoms with Crippen molar-refractivity contribution >= 4 is 28.7 Å². The van der Waals surface area contributed by atoms with Gasteiger partial charge in [-0.25, -0.2) is 0 Å². The Bertz CT molecular complexity index is 795. The predicted octanol–water partition coefficient (Wildman–Crippen LogP) is 6.66. The van der Waals surface area contributed by atoms with E-state index in [1.165, 1.54) is 0 Å². The second-order valence-corrected chi connectivity index (χ2v) is 6.52. The number of thiocarbonyl (C=S) groups is 1. The van der Waals surface area contributed by atoms with Gasteiger partial charge in [0.1, 0.15) is 0 Å². The molecule has 2 nitrogen and oxygen atoms in total. The van der Waals surface area contributed by atoms with Crippen LogP contribution in [-0.2, 0) is 12.4 Å². The summed E-state index contributed by atoms with van der Waals surface area (Å²) in [6.45, 7) is 3.89. The molecule has 0 radical (unpaired) electrons. The summed E-state index contributed by atoms with van der Waals surface area (Å²) >= 11 is 5.05. The minimum atomic E-state index is -4.92. The zero-order chi connectivity index (χ0) is 20.4. The first kappa shape index (κ1) is 21.0. The van der Waals surface area contributed by atoms with Gasteiger partial charge in [0.25, 0.3) is 0 Å². The van der Waals surface area contributed by atoms with Gasteiger partial charge in [-0.3, -0.25) is 0 Å². The second kappa shape index (κ2) is 7.75. The first-order valence-electron chi connectivity index (χ1n) is 7.84. The molecular weight excluding hydrogens is 390 g/mol. The second-order valence-electron chi connectivity index (χ2n) is 6.12. The molecule has 0 unspecified atom stereocenters. The number of hydrogen-bond acceptors (Lipinski definition) is 1. The summed E-state index contributed by atoms with van der Waals surface area (Å²) in [5.74, 6) is 0.141. The molecule has 0 aliphatic heterocycles. The Morgan fingerprint density at radius 2 is 1.37 bits per heavy atom. The topological polar surface area (TPSA) is 24.1 Å². The van der Waals surface area contributed by atoms with E-state index in [1.54, 1.807) is 12.1 Å². The van der Waals surface area contributed by atoms with E-state index < -0.39 is 29.2 Å². The average Bonchev–Trinajstić information content (AvgIpc) is 2.53. The van der Waals surface area contributed by atoms with Crippen LogP contribution in [0.1, 0.15) is 36.5 Å². The van der Waals surface area contributed by atoms with Crippen molar-refractivity contribution in [2.45, 2.75) is 32.1 Å². The number of para-hydroxylation sites is 1. The molecule has 0 heterocycles. The van der Waals surface area contributed by atoms with Crippen LogP contribution >= 0.6 is 12.2 Å². The van der Waals surface area contributed by atoms with Gasteiger partial charge in [-0.05, 0) is 48.0 Å². The molecule has 2 aromatic rings. The number of rotatable bonds is 3. The molecule has 2 N–H and O–H groups in total. The van der Waals surface area contributed by atoms with Crippen molar-refractivity contribution in [3.8, 4) is 0 Å². The maximum absolute atomic E-state index is 12.9. The van der Waals surface area contributed by atoms with E-state index in [4.69, 9.17) is 12.2 Å². The lowest BCUT2D eigenvalue weighted by Crippen LogP contribution is -2.21. The van der Waals surface area contributed by atoms with Gasteiger partial charge in [0.2, 0.25) is 0 Å². The zero-order valence-corrected chi connectivity index (χ0v) is 15.1. The fourth-order valence-corrected chi connectivity index (χ4v) is 2.65. The molecule has 0 aromatic heterocycles. The number of nitrogens with one attached hydrogen (secondary N) is 2. The molecule has 27 heavy (non-hydrogen) atoms. The molecule has 2 aromatic carbocycles. The minimum absolute atomic E-state index is 0.0652. The van der Waals surface area contributed by atoms with Crippen molar-refractivity contribution < 1.29 is 26.3 Å². The number of anilines is 2. The molecular formula is C18H16F6N2S. The molecule has 2 rings (SSSR count). The van der Waals surface area contributed by atoms with Crippen LogP contribution in [0.4, 0.5) is 37.7 Å². The summed E-state index contributed by atoms with van der Waals surface area (Å²) in [5, 5.41) is 5.10. The highest BCUT2D eigenvalue weighted by molar-refractivity contribution is 7.80. The van der Waals surface area contributed by atoms with Crippen molar-refractivity contribution in [2.24, 2.45) is 0 Å². The minimum Gasteiger partial charge on any atom is -0.332 e. The van der Waals surface area contributed by atoms with Crippen molar-refractivity contribution in [2.75, 3.05) is 10.6 Å². The summed E-state index contributed by atoms with van der Waals surface area (Å²) in [4.78, 5) is 0. The van der Waals surface area contributed by atoms with Gasteiger partial charge in [-0.1, -0.05) is 32.0 Å². The Morgan fingerprint density at radius 3 is 1.85 bits per heavy atom. The molecule has 0 amide bonds. The Hall–Kier alpha value is -2.29. The fraction of sp³-hybridized carbons (Fsp3) is 0.278. The summed E-state index contributed by atoms with van der Waals surface area (Å²) in [6, 6.07) is 8.35. The van der Waals surface area contributed by atoms with Gasteiger partial charge in [0.05, 0.1) is 11.1 Å². The Balaban J connectivity index is 2.30. The van der Waals surface area contributed by atoms with Gasteiger partial charge in [-0.15, -0.1) is 0 Å². The molecule has 0 spiro atoms. The summed E-state index contributed by atoms with van der Waals surface area (Å²) in [5.41, 5.74) is -1.71. The highest BCUT2D eigenvalue weighted by Gasteiger charge is 2.37. The molecule has 0 saturated heterocycles. The van der Waals surface area contributed by atoms with Crippen molar-refractivity contribution in [3.05, 3.63) is 59.2 Å². The fourth-order valence-electron chi connectivity index (χ4n) is 2.43. The molecule has 0 saturated carbocycles. The van der Waals surface area contributed by atoms with E-state index in [0.717, 1.165) is 5.56 Å². The summed E-state index contributed by atoms with van der Waals surface area (Å²) < 4.78 is 77.5. The lowest BCUT2D eigenvalue weighted by molar-refractivity contribution is -0.143. The van der Waals surface area contributed by atoms with Crippen LogP contribution in [0.25, 0.3) is 0 Å². The monoisotopic (exact) mass is 406 g/mol. The maximum atomic E-state index is 12.9. The van der Waals surface area contributed by atoms with Gasteiger partial charge in [0.15, 0.2) is 5.11 Å². The van der Waals surface area contributed by atoms with E-state index in [9.17, 15) is 26.3 Å². The SMILES string of the molecule is CC(C)c1ccccc1NC(=S)Nc1cc(C(F)(F)F)cc(C(F)(F)F)c1. The molecule has 146 valence electrons. The van der Waals surface area contributed by atoms with Crippen molar-refractivity contribution in [1.29, 1.82) is 0 Å². The standard InChI is InChI=1S/C18H16F6N2S/c1-10(2)14-5-3-4-6-15(14)26-16(27)25-13-8-11(17(19,20)21)7-12(9-13)18(22,23)24/h3-10H,1-2H3,(H2,25,26,27). The van der Waals surface area contributed by atoms with Crippen LogP contribution in [0.3, 0.4) is 0 Å². The molecule has 0 fully saturated rings. The molecule has 0 aliphatic rings. The molecule has 0 aliphatic carbocycles. The third-order valence-corrected chi connectivity index (χ3v) is 3.88. The Kier molecular flexibility index (Phi) is 6.04. The van der Waals surface area contributed by atoms with Crippen LogP contribution in [0.2, 0.25) is 0 Å². The Morgan fingerprint density at radius 1 is 0.852 bits per heavy atom. The van der Waals surface area contributed by atoms with Crippen LogP contribution in [0.15, 0.2) is 42.5 Å². The van der Waals surface area contributed by atoms with E-state index in [0.29, 0.717) is 17.8 Å². The number of halogens is 6. The van der Waals surface area contributed by atoms with Crippen LogP contribution in [0, 0.1) is 0 Å². The summed E-state index contributed by atoms with van der Waals surface area (Å²) in [7, 11) is 0. The highest BCUT2D eigenvalue weighted by atomic mass is 32.1. The first-order chi connectivity index (χ1) is 12.4. The molecule has 9 heteroatoms. The largest absolute Gasteiger partial charge is 0.416 e. The van der Waals surface area contributed by atoms with Crippen LogP contribution in [0.5, 0.6) is 0 Å². The van der Waals surface area contributed by atoms with E-state index in [1.807, 2.05) is 26.0 Å². The highest BCUT2D eigenvalue weighted by Crippen LogP contribution is 2.37. The van der Waals surface area contributed by atoms with Crippen molar-refractivity contribution in [3.63, 3.8) is 0 Å². The van der Waals surface area contributed by atoms with E-state index in [-0.39, 0.29) is 17.1 Å².